The summed E-state index contributed by atoms with van der Waals surface area (Å²) in [4.78, 5) is 0. The molecule has 0 heterocycles. The number of hydrogen-bond donors (Lipinski definition) is 0. The molecule has 0 saturated heterocycles. The Hall–Kier alpha value is -1.38. The van der Waals surface area contributed by atoms with Crippen molar-refractivity contribution in [2.45, 2.75) is 39.2 Å². The molecule has 0 aliphatic heterocycles. The summed E-state index contributed by atoms with van der Waals surface area (Å²) in [5.74, 6) is 0. The maximum Gasteiger partial charge on any atom is 0.261 e. The predicted molar refractivity (Wildman–Crippen MR) is 98.2 cm³/mol. The van der Waals surface area contributed by atoms with Gasteiger partial charge in [0.05, 0.1) is 0 Å². The van der Waals surface area contributed by atoms with E-state index < -0.39 is 8.32 Å². The first-order chi connectivity index (χ1) is 10.5. The van der Waals surface area contributed by atoms with Gasteiger partial charge in [-0.2, -0.15) is 0 Å². The van der Waals surface area contributed by atoms with Gasteiger partial charge in [0, 0.05) is 6.61 Å². The van der Waals surface area contributed by atoms with E-state index in [-0.39, 0.29) is 5.04 Å². The Morgan fingerprint density at radius 2 is 1.32 bits per heavy atom. The van der Waals surface area contributed by atoms with Crippen LogP contribution in [0.3, 0.4) is 0 Å². The molecule has 1 nitrogen and oxygen atoms in total. The zero-order valence-corrected chi connectivity index (χ0v) is 15.2. The molecule has 2 heteroatoms. The minimum Gasteiger partial charge on any atom is -0.407 e. The minimum atomic E-state index is -2.32. The fourth-order valence-electron chi connectivity index (χ4n) is 3.06. The average Bonchev–Trinajstić information content (AvgIpc) is 2.52. The van der Waals surface area contributed by atoms with E-state index in [1.807, 2.05) is 0 Å². The quantitative estimate of drug-likeness (QED) is 0.574. The fourth-order valence-corrected chi connectivity index (χ4v) is 7.59. The summed E-state index contributed by atoms with van der Waals surface area (Å²) in [6.07, 6.45) is 3.26. The van der Waals surface area contributed by atoms with E-state index in [0.29, 0.717) is 6.61 Å². The zero-order chi connectivity index (χ0) is 16.1. The third-order valence-corrected chi connectivity index (χ3v) is 9.13. The first kappa shape index (κ1) is 17.0. The fraction of sp³-hybridized carbons (Fsp3) is 0.350. The van der Waals surface area contributed by atoms with Gasteiger partial charge in [0.2, 0.25) is 0 Å². The highest BCUT2D eigenvalue weighted by Crippen LogP contribution is 2.36. The second kappa shape index (κ2) is 7.25. The van der Waals surface area contributed by atoms with Crippen molar-refractivity contribution in [3.63, 3.8) is 0 Å². The minimum absolute atomic E-state index is 0.0668. The van der Waals surface area contributed by atoms with Crippen molar-refractivity contribution in [1.29, 1.82) is 0 Å². The van der Waals surface area contributed by atoms with Crippen LogP contribution in [0.2, 0.25) is 5.04 Å². The van der Waals surface area contributed by atoms with E-state index in [9.17, 15) is 0 Å². The lowest BCUT2D eigenvalue weighted by Crippen LogP contribution is -2.66. The van der Waals surface area contributed by atoms with Crippen LogP contribution >= 0.6 is 0 Å². The van der Waals surface area contributed by atoms with Crippen molar-refractivity contribution in [1.82, 2.24) is 0 Å². The molecule has 22 heavy (non-hydrogen) atoms. The number of unbranched alkanes of at least 4 members (excludes halogenated alkanes) is 1. The topological polar surface area (TPSA) is 9.23 Å². The molecule has 0 unspecified atom stereocenters. The lowest BCUT2D eigenvalue weighted by Gasteiger charge is -2.43. The van der Waals surface area contributed by atoms with Crippen LogP contribution < -0.4 is 10.4 Å². The van der Waals surface area contributed by atoms with Gasteiger partial charge in [0.25, 0.3) is 8.32 Å². The molecule has 0 N–H and O–H groups in total. The third-order valence-electron chi connectivity index (χ3n) is 4.12. The van der Waals surface area contributed by atoms with Crippen LogP contribution in [0.5, 0.6) is 0 Å². The largest absolute Gasteiger partial charge is 0.407 e. The molecule has 2 rings (SSSR count). The Labute approximate surface area is 136 Å². The maximum absolute atomic E-state index is 6.69. The van der Waals surface area contributed by atoms with Crippen molar-refractivity contribution >= 4 is 18.7 Å². The molecule has 0 spiro atoms. The van der Waals surface area contributed by atoms with E-state index in [2.05, 4.69) is 94.8 Å². The molecule has 1 radical (unpaired) electrons. The second-order valence-electron chi connectivity index (χ2n) is 6.67. The molecule has 0 aliphatic rings. The normalized spacial score (nSPS) is 12.4. The van der Waals surface area contributed by atoms with Gasteiger partial charge in [-0.3, -0.25) is 0 Å². The van der Waals surface area contributed by atoms with E-state index >= 15 is 0 Å². The summed E-state index contributed by atoms with van der Waals surface area (Å²) < 4.78 is 6.69. The van der Waals surface area contributed by atoms with Crippen molar-refractivity contribution in [2.75, 3.05) is 6.61 Å². The Morgan fingerprint density at radius 1 is 0.864 bits per heavy atom. The molecule has 0 aromatic heterocycles. The number of rotatable bonds is 6. The summed E-state index contributed by atoms with van der Waals surface area (Å²) in [6, 6.07) is 21.6. The molecule has 0 atom stereocenters. The first-order valence-electron chi connectivity index (χ1n) is 8.09. The highest BCUT2D eigenvalue weighted by Gasteiger charge is 2.49. The van der Waals surface area contributed by atoms with E-state index in [1.165, 1.54) is 10.4 Å². The highest BCUT2D eigenvalue weighted by molar-refractivity contribution is 6.99. The highest BCUT2D eigenvalue weighted by atomic mass is 28.4. The number of benzene rings is 2. The molecule has 0 aliphatic carbocycles. The Bertz CT molecular complexity index is 518. The first-order valence-corrected chi connectivity index (χ1v) is 10.00. The third kappa shape index (κ3) is 3.34. The summed E-state index contributed by atoms with van der Waals surface area (Å²) in [5.41, 5.74) is 0. The van der Waals surface area contributed by atoms with Crippen LogP contribution in [-0.2, 0) is 4.43 Å². The van der Waals surface area contributed by atoms with Gasteiger partial charge in [-0.1, -0.05) is 94.8 Å². The average molecular weight is 312 g/mol. The van der Waals surface area contributed by atoms with Crippen LogP contribution in [0, 0.1) is 6.42 Å². The second-order valence-corrected chi connectivity index (χ2v) is 11.0. The molecular formula is C20H27OSi. The van der Waals surface area contributed by atoms with Gasteiger partial charge in [0.1, 0.15) is 0 Å². The van der Waals surface area contributed by atoms with Crippen molar-refractivity contribution in [2.24, 2.45) is 0 Å². The molecular weight excluding hydrogens is 284 g/mol. The van der Waals surface area contributed by atoms with Crippen LogP contribution in [-0.4, -0.2) is 14.9 Å². The Kier molecular flexibility index (Phi) is 5.60. The molecule has 0 bridgehead atoms. The molecule has 0 fully saturated rings. The summed E-state index contributed by atoms with van der Waals surface area (Å²) in [6.45, 7) is 9.81. The van der Waals surface area contributed by atoms with Gasteiger partial charge in [-0.15, -0.1) is 0 Å². The Morgan fingerprint density at radius 3 is 1.68 bits per heavy atom. The molecule has 117 valence electrons. The maximum atomic E-state index is 6.69. The van der Waals surface area contributed by atoms with Gasteiger partial charge in [-0.05, 0) is 21.8 Å². The van der Waals surface area contributed by atoms with E-state index in [1.54, 1.807) is 0 Å². The monoisotopic (exact) mass is 311 g/mol. The van der Waals surface area contributed by atoms with Crippen molar-refractivity contribution in [3.05, 3.63) is 67.1 Å². The molecule has 0 saturated carbocycles. The van der Waals surface area contributed by atoms with Gasteiger partial charge in [-0.25, -0.2) is 0 Å². The van der Waals surface area contributed by atoms with Crippen LogP contribution in [0.4, 0.5) is 0 Å². The van der Waals surface area contributed by atoms with Crippen molar-refractivity contribution < 1.29 is 4.43 Å². The summed E-state index contributed by atoms with van der Waals surface area (Å²) >= 11 is 0. The zero-order valence-electron chi connectivity index (χ0n) is 14.2. The molecule has 0 amide bonds. The van der Waals surface area contributed by atoms with Crippen LogP contribution in [0.25, 0.3) is 0 Å². The lowest BCUT2D eigenvalue weighted by molar-refractivity contribution is 0.324. The van der Waals surface area contributed by atoms with E-state index in [0.717, 1.165) is 6.42 Å². The van der Waals surface area contributed by atoms with Gasteiger partial charge >= 0.3 is 0 Å². The van der Waals surface area contributed by atoms with Gasteiger partial charge in [0.15, 0.2) is 0 Å². The van der Waals surface area contributed by atoms with Gasteiger partial charge < -0.3 is 4.43 Å². The van der Waals surface area contributed by atoms with E-state index in [4.69, 9.17) is 4.43 Å². The standard InChI is InChI=1S/C20H27OSi/c1-5-6-17-21-22(20(2,3)4,18-13-9-7-10-14-18)19-15-11-8-12-16-19/h6-16H,5,17H2,1-4H3. The Balaban J connectivity index is 2.59. The predicted octanol–water partition coefficient (Wildman–Crippen LogP) is 4.18. The number of hydrogen-bond acceptors (Lipinski definition) is 1. The smallest absolute Gasteiger partial charge is 0.261 e. The van der Waals surface area contributed by atoms with Crippen LogP contribution in [0.1, 0.15) is 34.1 Å². The lowest BCUT2D eigenvalue weighted by atomic mass is 10.2. The van der Waals surface area contributed by atoms with Crippen LogP contribution in [0.15, 0.2) is 60.7 Å². The SMILES string of the molecule is CC[CH]CO[Si](c1ccccc1)(c1ccccc1)C(C)(C)C. The summed E-state index contributed by atoms with van der Waals surface area (Å²) in [5, 5.41) is 2.76. The van der Waals surface area contributed by atoms with Crippen molar-refractivity contribution in [3.8, 4) is 0 Å². The molecule has 2 aromatic carbocycles. The molecule has 2 aromatic rings. The summed E-state index contributed by atoms with van der Waals surface area (Å²) in [7, 11) is -2.32.